The third-order valence-corrected chi connectivity index (χ3v) is 0.558. The van der Waals surface area contributed by atoms with Crippen molar-refractivity contribution in [2.24, 2.45) is 0 Å². The van der Waals surface area contributed by atoms with Crippen LogP contribution in [0.15, 0.2) is 0 Å². The van der Waals surface area contributed by atoms with Crippen LogP contribution in [0.4, 0.5) is 0 Å². The third-order valence-electron chi connectivity index (χ3n) is 0.558. The minimum absolute atomic E-state index is 0. The van der Waals surface area contributed by atoms with Gasteiger partial charge in [0.25, 0.3) is 0 Å². The Morgan fingerprint density at radius 3 is 1.44 bits per heavy atom. The Hall–Kier alpha value is 0.726. The molecule has 0 atom stereocenters. The molecule has 0 N–H and O–H groups in total. The van der Waals surface area contributed by atoms with E-state index in [0.717, 1.165) is 12.8 Å². The van der Waals surface area contributed by atoms with Gasteiger partial charge < -0.3 is 12.0 Å². The van der Waals surface area contributed by atoms with Crippen LogP contribution in [-0.4, -0.2) is 29.7 Å². The van der Waals surface area contributed by atoms with Crippen LogP contribution in [0.5, 0.6) is 0 Å². The molecule has 0 rings (SSSR count). The van der Waals surface area contributed by atoms with Crippen molar-refractivity contribution in [2.75, 3.05) is 6.61 Å². The second-order valence-electron chi connectivity index (χ2n) is 1.56. The number of hydrogen-bond acceptors (Lipinski definition) is 1. The summed E-state index contributed by atoms with van der Waals surface area (Å²) in [5.74, 6) is 0. The van der Waals surface area contributed by atoms with Gasteiger partial charge in [-0.15, -0.1) is 6.61 Å². The summed E-state index contributed by atoms with van der Waals surface area (Å²) >= 11 is 0. The van der Waals surface area contributed by atoms with Gasteiger partial charge in [0, 0.05) is 0 Å². The van der Waals surface area contributed by atoms with Gasteiger partial charge in [0.2, 0.25) is 0 Å². The zero-order valence-electron chi connectivity index (χ0n) is 6.65. The molecule has 0 radical (unpaired) electrons. The largest absolute Gasteiger partial charge is 2.00 e. The molecule has 0 aliphatic rings. The van der Waals surface area contributed by atoms with Crippen LogP contribution in [0.3, 0.4) is 0 Å². The molecular formula is C7H16MgO. The summed E-state index contributed by atoms with van der Waals surface area (Å²) < 4.78 is 0. The molecule has 0 unspecified atom stereocenters. The van der Waals surface area contributed by atoms with E-state index in [1.54, 1.807) is 0 Å². The van der Waals surface area contributed by atoms with E-state index in [9.17, 15) is 5.11 Å². The quantitative estimate of drug-likeness (QED) is 0.415. The predicted molar refractivity (Wildman–Crippen MR) is 41.2 cm³/mol. The van der Waals surface area contributed by atoms with E-state index in [1.165, 1.54) is 6.42 Å². The van der Waals surface area contributed by atoms with Crippen molar-refractivity contribution in [2.45, 2.75) is 33.1 Å². The molecule has 0 bridgehead atoms. The minimum Gasteiger partial charge on any atom is -0.854 e. The predicted octanol–water partition coefficient (Wildman–Crippen LogP) is 0.996. The Kier molecular flexibility index (Phi) is 42.4. The van der Waals surface area contributed by atoms with Gasteiger partial charge in [-0.05, 0) is 0 Å². The molecule has 0 aliphatic carbocycles. The number of rotatable bonds is 2. The van der Waals surface area contributed by atoms with Crippen LogP contribution in [0.2, 0.25) is 0 Å². The Labute approximate surface area is 75.0 Å². The molecule has 0 saturated heterocycles. The fourth-order valence-corrected chi connectivity index (χ4v) is 0. The van der Waals surface area contributed by atoms with Crippen molar-refractivity contribution in [1.82, 2.24) is 0 Å². The average molecular weight is 141 g/mol. The molecule has 0 aliphatic heterocycles. The van der Waals surface area contributed by atoms with Gasteiger partial charge in [0.1, 0.15) is 0 Å². The van der Waals surface area contributed by atoms with Crippen LogP contribution < -0.4 is 5.11 Å². The maximum atomic E-state index is 9.30. The molecule has 0 aromatic heterocycles. The standard InChI is InChI=1S/C4H9.C3H7O.Mg/c1-3-4-2;1-2-3-4;/h1,3-4H2,2H3;2-3H2,1H3;/q2*-1;+2. The second-order valence-corrected chi connectivity index (χ2v) is 1.56. The first kappa shape index (κ1) is 16.4. The summed E-state index contributed by atoms with van der Waals surface area (Å²) in [5.41, 5.74) is 0. The second kappa shape index (κ2) is 23.3. The molecule has 0 heterocycles. The van der Waals surface area contributed by atoms with E-state index >= 15 is 0 Å². The van der Waals surface area contributed by atoms with Crippen molar-refractivity contribution >= 4 is 23.1 Å². The van der Waals surface area contributed by atoms with Gasteiger partial charge in [-0.3, -0.25) is 0 Å². The fraction of sp³-hybridized carbons (Fsp3) is 0.857. The maximum Gasteiger partial charge on any atom is 2.00 e. The molecule has 0 amide bonds. The fourth-order valence-electron chi connectivity index (χ4n) is 0. The van der Waals surface area contributed by atoms with Crippen LogP contribution in [0, 0.1) is 6.92 Å². The molecule has 9 heavy (non-hydrogen) atoms. The summed E-state index contributed by atoms with van der Waals surface area (Å²) in [5, 5.41) is 9.30. The summed E-state index contributed by atoms with van der Waals surface area (Å²) in [6, 6.07) is 0. The van der Waals surface area contributed by atoms with Crippen molar-refractivity contribution in [1.29, 1.82) is 0 Å². The normalized spacial score (nSPS) is 6.67. The maximum absolute atomic E-state index is 9.30. The van der Waals surface area contributed by atoms with Crippen LogP contribution in [-0.2, 0) is 0 Å². The zero-order valence-corrected chi connectivity index (χ0v) is 8.07. The topological polar surface area (TPSA) is 23.1 Å². The van der Waals surface area contributed by atoms with Gasteiger partial charge in [-0.1, -0.05) is 26.7 Å². The summed E-state index contributed by atoms with van der Waals surface area (Å²) in [4.78, 5) is 0. The van der Waals surface area contributed by atoms with Crippen molar-refractivity contribution in [3.63, 3.8) is 0 Å². The van der Waals surface area contributed by atoms with Gasteiger partial charge >= 0.3 is 23.1 Å². The number of hydrogen-bond donors (Lipinski definition) is 0. The molecule has 0 aromatic rings. The number of unbranched alkanes of at least 4 members (excludes halogenated alkanes) is 1. The summed E-state index contributed by atoms with van der Waals surface area (Å²) in [7, 11) is 0. The van der Waals surface area contributed by atoms with E-state index < -0.39 is 0 Å². The van der Waals surface area contributed by atoms with E-state index in [1.807, 2.05) is 6.92 Å². The minimum atomic E-state index is 0. The van der Waals surface area contributed by atoms with Gasteiger partial charge in [-0.25, -0.2) is 0 Å². The Balaban J connectivity index is -0.0000000720. The first-order chi connectivity index (χ1) is 3.83. The smallest absolute Gasteiger partial charge is 0.854 e. The van der Waals surface area contributed by atoms with Crippen molar-refractivity contribution < 1.29 is 5.11 Å². The van der Waals surface area contributed by atoms with Gasteiger partial charge in [0.05, 0.1) is 0 Å². The summed E-state index contributed by atoms with van der Waals surface area (Å²) in [6.45, 7) is 7.66. The molecule has 52 valence electrons. The first-order valence-corrected chi connectivity index (χ1v) is 3.20. The monoisotopic (exact) mass is 140 g/mol. The molecule has 2 heteroatoms. The van der Waals surface area contributed by atoms with Crippen molar-refractivity contribution in [3.8, 4) is 0 Å². The molecular weight excluding hydrogens is 124 g/mol. The zero-order chi connectivity index (χ0) is 6.83. The molecule has 0 fully saturated rings. The van der Waals surface area contributed by atoms with Crippen LogP contribution in [0.25, 0.3) is 0 Å². The molecule has 0 spiro atoms. The Morgan fingerprint density at radius 2 is 1.44 bits per heavy atom. The first-order valence-electron chi connectivity index (χ1n) is 3.20. The van der Waals surface area contributed by atoms with Gasteiger partial charge in [-0.2, -0.15) is 6.42 Å². The Morgan fingerprint density at radius 1 is 1.22 bits per heavy atom. The van der Waals surface area contributed by atoms with Gasteiger partial charge in [0.15, 0.2) is 0 Å². The average Bonchev–Trinajstić information content (AvgIpc) is 1.88. The Bertz CT molecular complexity index is 16.9. The van der Waals surface area contributed by atoms with E-state index in [2.05, 4.69) is 13.8 Å². The summed E-state index contributed by atoms with van der Waals surface area (Å²) in [6.07, 6.45) is 3.04. The molecule has 1 nitrogen and oxygen atoms in total. The van der Waals surface area contributed by atoms with E-state index in [-0.39, 0.29) is 29.7 Å². The SMILES string of the molecule is CCC[O-].[CH2-]CCC.[Mg+2]. The van der Waals surface area contributed by atoms with Crippen LogP contribution in [0.1, 0.15) is 33.1 Å². The van der Waals surface area contributed by atoms with E-state index in [4.69, 9.17) is 0 Å². The molecule has 0 aromatic carbocycles. The molecule has 0 saturated carbocycles. The third kappa shape index (κ3) is 53.1. The van der Waals surface area contributed by atoms with Crippen molar-refractivity contribution in [3.05, 3.63) is 6.92 Å². The van der Waals surface area contributed by atoms with E-state index in [0.29, 0.717) is 0 Å². The van der Waals surface area contributed by atoms with Crippen LogP contribution >= 0.6 is 0 Å².